The first-order valence-corrected chi connectivity index (χ1v) is 8.98. The summed E-state index contributed by atoms with van der Waals surface area (Å²) in [6, 6.07) is 0. The van der Waals surface area contributed by atoms with Crippen LogP contribution in [0.15, 0.2) is 0 Å². The summed E-state index contributed by atoms with van der Waals surface area (Å²) < 4.78 is 74.3. The van der Waals surface area contributed by atoms with Gasteiger partial charge >= 0.3 is 12.4 Å². The standard InChI is InChI=1S/C17H22F6N2O2/c18-16(19,20)8-24-12(26)6-14-2-10-1-11(3-14)5-15(4-10,7-14)13(27)25-9-17(21,22)23/h10-11H,1-9H2,(H,24,26)(H,25,27)/t10-,11+,14?,15?. The molecule has 0 spiro atoms. The van der Waals surface area contributed by atoms with Crippen molar-refractivity contribution in [2.75, 3.05) is 13.1 Å². The maximum absolute atomic E-state index is 12.6. The van der Waals surface area contributed by atoms with Crippen LogP contribution in [0.1, 0.15) is 44.9 Å². The van der Waals surface area contributed by atoms with Crippen LogP contribution in [0, 0.1) is 22.7 Å². The molecule has 2 amide bonds. The SMILES string of the molecule is O=C(CC12C[C@H]3C[C@@H](C1)CC(C(=O)NCC(F)(F)F)(C3)C2)NCC(F)(F)F. The van der Waals surface area contributed by atoms with Crippen LogP contribution >= 0.6 is 0 Å². The van der Waals surface area contributed by atoms with Crippen LogP contribution < -0.4 is 10.6 Å². The number of hydrogen-bond acceptors (Lipinski definition) is 2. The number of halogens is 6. The maximum Gasteiger partial charge on any atom is 0.405 e. The Morgan fingerprint density at radius 1 is 0.852 bits per heavy atom. The summed E-state index contributed by atoms with van der Waals surface area (Å²) in [6.45, 7) is -2.81. The van der Waals surface area contributed by atoms with E-state index in [0.29, 0.717) is 25.7 Å². The van der Waals surface area contributed by atoms with Crippen molar-refractivity contribution >= 4 is 11.8 Å². The van der Waals surface area contributed by atoms with Gasteiger partial charge in [-0.15, -0.1) is 0 Å². The van der Waals surface area contributed by atoms with Crippen LogP contribution in [-0.2, 0) is 9.59 Å². The molecule has 4 aliphatic carbocycles. The summed E-state index contributed by atoms with van der Waals surface area (Å²) in [5.74, 6) is -1.12. The van der Waals surface area contributed by atoms with Crippen molar-refractivity contribution < 1.29 is 35.9 Å². The fraction of sp³-hybridized carbons (Fsp3) is 0.882. The van der Waals surface area contributed by atoms with E-state index in [2.05, 4.69) is 0 Å². The minimum atomic E-state index is -4.51. The van der Waals surface area contributed by atoms with Gasteiger partial charge in [0.05, 0.1) is 5.41 Å². The fourth-order valence-corrected chi connectivity index (χ4v) is 5.89. The summed E-state index contributed by atoms with van der Waals surface area (Å²) in [5, 5.41) is 3.85. The Morgan fingerprint density at radius 3 is 1.89 bits per heavy atom. The Morgan fingerprint density at radius 2 is 1.37 bits per heavy atom. The lowest BCUT2D eigenvalue weighted by molar-refractivity contribution is -0.167. The van der Waals surface area contributed by atoms with Crippen LogP contribution in [0.4, 0.5) is 26.3 Å². The molecule has 10 heteroatoms. The zero-order valence-corrected chi connectivity index (χ0v) is 14.6. The first-order chi connectivity index (χ1) is 12.3. The molecule has 4 rings (SSSR count). The summed E-state index contributed by atoms with van der Waals surface area (Å²) in [5.41, 5.74) is -1.55. The van der Waals surface area contributed by atoms with E-state index in [1.54, 1.807) is 0 Å². The highest BCUT2D eigenvalue weighted by atomic mass is 19.4. The summed E-state index contributed by atoms with van der Waals surface area (Å²) in [7, 11) is 0. The van der Waals surface area contributed by atoms with E-state index in [4.69, 9.17) is 0 Å². The Labute approximate surface area is 152 Å². The molecule has 27 heavy (non-hydrogen) atoms. The normalized spacial score (nSPS) is 35.2. The molecule has 0 aromatic heterocycles. The van der Waals surface area contributed by atoms with E-state index < -0.39 is 48.1 Å². The van der Waals surface area contributed by atoms with Crippen molar-refractivity contribution in [2.24, 2.45) is 22.7 Å². The van der Waals surface area contributed by atoms with E-state index in [1.807, 2.05) is 10.6 Å². The van der Waals surface area contributed by atoms with E-state index in [1.165, 1.54) is 0 Å². The molecule has 2 unspecified atom stereocenters. The number of carbonyl (C=O) groups excluding carboxylic acids is 2. The third-order valence-corrected chi connectivity index (χ3v) is 6.13. The second kappa shape index (κ2) is 6.55. The fourth-order valence-electron chi connectivity index (χ4n) is 5.89. The highest BCUT2D eigenvalue weighted by molar-refractivity contribution is 5.84. The second-order valence-corrected chi connectivity index (χ2v) is 8.61. The Kier molecular flexibility index (Phi) is 4.91. The van der Waals surface area contributed by atoms with E-state index in [9.17, 15) is 35.9 Å². The topological polar surface area (TPSA) is 58.2 Å². The Hall–Kier alpha value is -1.48. The number of alkyl halides is 6. The van der Waals surface area contributed by atoms with Gasteiger partial charge in [0.1, 0.15) is 13.1 Å². The quantitative estimate of drug-likeness (QED) is 0.696. The van der Waals surface area contributed by atoms with Crippen molar-refractivity contribution in [2.45, 2.75) is 57.3 Å². The van der Waals surface area contributed by atoms with Crippen LogP contribution in [0.25, 0.3) is 0 Å². The van der Waals surface area contributed by atoms with Crippen molar-refractivity contribution in [3.05, 3.63) is 0 Å². The molecule has 4 bridgehead atoms. The molecule has 0 saturated heterocycles. The average Bonchev–Trinajstić information content (AvgIpc) is 2.47. The summed E-state index contributed by atoms with van der Waals surface area (Å²) in [6.07, 6.45) is -5.77. The van der Waals surface area contributed by atoms with Gasteiger partial charge in [0.15, 0.2) is 0 Å². The molecule has 0 aromatic rings. The molecule has 2 N–H and O–H groups in total. The lowest BCUT2D eigenvalue weighted by Gasteiger charge is -2.61. The van der Waals surface area contributed by atoms with Gasteiger partial charge in [-0.1, -0.05) is 0 Å². The van der Waals surface area contributed by atoms with Gasteiger partial charge in [-0.05, 0) is 55.8 Å². The minimum absolute atomic E-state index is 0.121. The van der Waals surface area contributed by atoms with Crippen molar-refractivity contribution in [3.63, 3.8) is 0 Å². The van der Waals surface area contributed by atoms with Gasteiger partial charge in [-0.2, -0.15) is 26.3 Å². The number of hydrogen-bond donors (Lipinski definition) is 2. The molecule has 0 radical (unpaired) electrons. The molecule has 0 aliphatic heterocycles. The lowest BCUT2D eigenvalue weighted by Crippen LogP contribution is -2.59. The largest absolute Gasteiger partial charge is 0.405 e. The number of rotatable bonds is 5. The zero-order chi connectivity index (χ0) is 20.1. The van der Waals surface area contributed by atoms with Crippen molar-refractivity contribution in [1.82, 2.24) is 10.6 Å². The summed E-state index contributed by atoms with van der Waals surface area (Å²) in [4.78, 5) is 24.6. The van der Waals surface area contributed by atoms with Crippen LogP contribution in [0.3, 0.4) is 0 Å². The van der Waals surface area contributed by atoms with Crippen molar-refractivity contribution in [3.8, 4) is 0 Å². The van der Waals surface area contributed by atoms with Gasteiger partial charge in [0, 0.05) is 6.42 Å². The van der Waals surface area contributed by atoms with E-state index >= 15 is 0 Å². The van der Waals surface area contributed by atoms with E-state index in [0.717, 1.165) is 6.42 Å². The monoisotopic (exact) mass is 400 g/mol. The Balaban J connectivity index is 1.69. The molecule has 4 aliphatic rings. The van der Waals surface area contributed by atoms with Gasteiger partial charge < -0.3 is 10.6 Å². The second-order valence-electron chi connectivity index (χ2n) is 8.61. The molecule has 0 aromatic carbocycles. The predicted octanol–water partition coefficient (Wildman–Crippen LogP) is 3.32. The van der Waals surface area contributed by atoms with Crippen LogP contribution in [0.5, 0.6) is 0 Å². The predicted molar refractivity (Wildman–Crippen MR) is 82.3 cm³/mol. The third kappa shape index (κ3) is 4.68. The van der Waals surface area contributed by atoms with Gasteiger partial charge in [0.25, 0.3) is 0 Å². The van der Waals surface area contributed by atoms with Gasteiger partial charge in [-0.3, -0.25) is 9.59 Å². The van der Waals surface area contributed by atoms with Crippen molar-refractivity contribution in [1.29, 1.82) is 0 Å². The highest BCUT2D eigenvalue weighted by Gasteiger charge is 2.61. The number of carbonyl (C=O) groups is 2. The first-order valence-electron chi connectivity index (χ1n) is 8.98. The average molecular weight is 400 g/mol. The summed E-state index contributed by atoms with van der Waals surface area (Å²) >= 11 is 0. The molecule has 154 valence electrons. The maximum atomic E-state index is 12.6. The first kappa shape index (κ1) is 20.3. The van der Waals surface area contributed by atoms with Crippen LogP contribution in [0.2, 0.25) is 0 Å². The molecular formula is C17H22F6N2O2. The molecule has 0 heterocycles. The number of amides is 2. The molecule has 4 saturated carbocycles. The highest BCUT2D eigenvalue weighted by Crippen LogP contribution is 2.66. The van der Waals surface area contributed by atoms with Crippen LogP contribution in [-0.4, -0.2) is 37.3 Å². The van der Waals surface area contributed by atoms with Gasteiger partial charge in [-0.25, -0.2) is 0 Å². The Bertz CT molecular complexity index is 602. The molecule has 4 nitrogen and oxygen atoms in total. The molecule has 4 fully saturated rings. The molecule has 4 atom stereocenters. The number of nitrogens with one attached hydrogen (secondary N) is 2. The lowest BCUT2D eigenvalue weighted by atomic mass is 9.43. The minimum Gasteiger partial charge on any atom is -0.347 e. The van der Waals surface area contributed by atoms with Gasteiger partial charge in [0.2, 0.25) is 11.8 Å². The third-order valence-electron chi connectivity index (χ3n) is 6.13. The van der Waals surface area contributed by atoms with E-state index in [-0.39, 0.29) is 24.7 Å². The smallest absolute Gasteiger partial charge is 0.347 e. The molecular weight excluding hydrogens is 378 g/mol. The zero-order valence-electron chi connectivity index (χ0n) is 14.6.